The molecular formula is C25H28N4OS. The standard InChI is InChI=1S/C25H28N4OS/c30-24-22(16-21-17-26-28-23(21)20-9-5-2-6-10-20)31-25(27-24)29-13-11-19(12-14-29)15-18-7-3-1-4-8-18/h1-10,16,19,21,23,26,28H,11-15,17H2/b22-16-. The summed E-state index contributed by atoms with van der Waals surface area (Å²) in [5.74, 6) is 0.837. The summed E-state index contributed by atoms with van der Waals surface area (Å²) in [6.45, 7) is 2.75. The van der Waals surface area contributed by atoms with E-state index in [1.807, 2.05) is 6.07 Å². The molecule has 0 saturated carbocycles. The van der Waals surface area contributed by atoms with Gasteiger partial charge in [0.05, 0.1) is 10.9 Å². The Kier molecular flexibility index (Phi) is 6.20. The Morgan fingerprint density at radius 3 is 2.48 bits per heavy atom. The number of hydrogen-bond donors (Lipinski definition) is 2. The minimum Gasteiger partial charge on any atom is -0.351 e. The maximum atomic E-state index is 12.6. The Labute approximate surface area is 188 Å². The summed E-state index contributed by atoms with van der Waals surface area (Å²) < 4.78 is 0. The summed E-state index contributed by atoms with van der Waals surface area (Å²) >= 11 is 1.55. The maximum absolute atomic E-state index is 12.6. The topological polar surface area (TPSA) is 56.7 Å². The van der Waals surface area contributed by atoms with Gasteiger partial charge in [0.2, 0.25) is 0 Å². The third-order valence-electron chi connectivity index (χ3n) is 6.41. The van der Waals surface area contributed by atoms with Gasteiger partial charge in [-0.1, -0.05) is 66.7 Å². The van der Waals surface area contributed by atoms with Crippen molar-refractivity contribution in [3.8, 4) is 0 Å². The Morgan fingerprint density at radius 1 is 1.03 bits per heavy atom. The molecule has 0 spiro atoms. The van der Waals surface area contributed by atoms with Gasteiger partial charge in [-0.2, -0.15) is 4.99 Å². The molecule has 5 nitrogen and oxygen atoms in total. The van der Waals surface area contributed by atoms with Crippen molar-refractivity contribution in [2.24, 2.45) is 16.8 Å². The quantitative estimate of drug-likeness (QED) is 0.718. The number of carbonyl (C=O) groups is 1. The average Bonchev–Trinajstić information content (AvgIpc) is 3.43. The molecule has 3 aliphatic heterocycles. The van der Waals surface area contributed by atoms with E-state index in [0.29, 0.717) is 5.92 Å². The largest absolute Gasteiger partial charge is 0.351 e. The zero-order chi connectivity index (χ0) is 21.0. The number of aliphatic imine (C=N–C) groups is 1. The minimum atomic E-state index is -0.0925. The molecular weight excluding hydrogens is 404 g/mol. The average molecular weight is 433 g/mol. The fourth-order valence-electron chi connectivity index (χ4n) is 4.68. The van der Waals surface area contributed by atoms with Crippen molar-refractivity contribution in [3.63, 3.8) is 0 Å². The van der Waals surface area contributed by atoms with Crippen molar-refractivity contribution in [1.29, 1.82) is 0 Å². The summed E-state index contributed by atoms with van der Waals surface area (Å²) in [6.07, 6.45) is 5.54. The summed E-state index contributed by atoms with van der Waals surface area (Å²) in [4.78, 5) is 20.1. The molecule has 2 unspecified atom stereocenters. The molecule has 3 aliphatic rings. The van der Waals surface area contributed by atoms with Crippen LogP contribution in [0.2, 0.25) is 0 Å². The SMILES string of the molecule is O=C1N=C(N2CCC(Cc3ccccc3)CC2)S/C1=C\C1CNNC1c1ccccc1. The molecule has 0 bridgehead atoms. The number of rotatable bonds is 4. The number of amides is 1. The number of likely N-dealkylation sites (tertiary alicyclic amines) is 1. The van der Waals surface area contributed by atoms with Crippen molar-refractivity contribution in [2.75, 3.05) is 19.6 Å². The van der Waals surface area contributed by atoms with Gasteiger partial charge in [0.25, 0.3) is 5.91 Å². The molecule has 0 aromatic heterocycles. The summed E-state index contributed by atoms with van der Waals surface area (Å²) in [6, 6.07) is 21.3. The lowest BCUT2D eigenvalue weighted by Crippen LogP contribution is -2.37. The number of nitrogens with one attached hydrogen (secondary N) is 2. The van der Waals surface area contributed by atoms with Crippen molar-refractivity contribution >= 4 is 22.8 Å². The van der Waals surface area contributed by atoms with Crippen LogP contribution in [0.4, 0.5) is 0 Å². The number of hydrogen-bond acceptors (Lipinski definition) is 5. The first-order chi connectivity index (χ1) is 15.3. The number of carbonyl (C=O) groups excluding carboxylic acids is 1. The molecule has 0 radical (unpaired) electrons. The lowest BCUT2D eigenvalue weighted by molar-refractivity contribution is -0.113. The first-order valence-corrected chi connectivity index (χ1v) is 11.9. The van der Waals surface area contributed by atoms with Crippen LogP contribution in [0.25, 0.3) is 0 Å². The van der Waals surface area contributed by atoms with Gasteiger partial charge in [-0.15, -0.1) is 0 Å². The first-order valence-electron chi connectivity index (χ1n) is 11.1. The van der Waals surface area contributed by atoms with Crippen LogP contribution in [-0.4, -0.2) is 35.6 Å². The van der Waals surface area contributed by atoms with Gasteiger partial charge in [-0.25, -0.2) is 5.43 Å². The molecule has 2 aromatic rings. The van der Waals surface area contributed by atoms with Crippen LogP contribution in [-0.2, 0) is 11.2 Å². The van der Waals surface area contributed by atoms with Crippen LogP contribution in [0.15, 0.2) is 76.6 Å². The highest BCUT2D eigenvalue weighted by atomic mass is 32.2. The van der Waals surface area contributed by atoms with E-state index in [0.717, 1.165) is 49.0 Å². The summed E-state index contributed by atoms with van der Waals surface area (Å²) in [5.41, 5.74) is 9.24. The van der Waals surface area contributed by atoms with Crippen molar-refractivity contribution in [3.05, 3.63) is 82.8 Å². The molecule has 1 amide bonds. The third-order valence-corrected chi connectivity index (χ3v) is 7.47. The van der Waals surface area contributed by atoms with E-state index in [-0.39, 0.29) is 17.9 Å². The second kappa shape index (κ2) is 9.39. The van der Waals surface area contributed by atoms with Crippen molar-refractivity contribution < 1.29 is 4.79 Å². The predicted octanol–water partition coefficient (Wildman–Crippen LogP) is 3.92. The fraction of sp³-hybridized carbons (Fsp3) is 0.360. The Morgan fingerprint density at radius 2 is 1.74 bits per heavy atom. The van der Waals surface area contributed by atoms with Crippen LogP contribution < -0.4 is 10.9 Å². The van der Waals surface area contributed by atoms with E-state index in [1.165, 1.54) is 11.1 Å². The lowest BCUT2D eigenvalue weighted by Gasteiger charge is -2.32. The van der Waals surface area contributed by atoms with E-state index in [2.05, 4.69) is 81.4 Å². The Hall–Kier alpha value is -2.41. The summed E-state index contributed by atoms with van der Waals surface area (Å²) in [5, 5.41) is 0.879. The van der Waals surface area contributed by atoms with E-state index in [4.69, 9.17) is 0 Å². The Bertz CT molecular complexity index is 968. The predicted molar refractivity (Wildman–Crippen MR) is 126 cm³/mol. The fourth-order valence-corrected chi connectivity index (χ4v) is 5.69. The van der Waals surface area contributed by atoms with Gasteiger partial charge in [0.1, 0.15) is 0 Å². The van der Waals surface area contributed by atoms with Gasteiger partial charge >= 0.3 is 0 Å². The van der Waals surface area contributed by atoms with E-state index in [1.54, 1.807) is 11.8 Å². The first kappa shape index (κ1) is 20.5. The normalized spacial score (nSPS) is 25.9. The molecule has 31 heavy (non-hydrogen) atoms. The van der Waals surface area contributed by atoms with Crippen LogP contribution in [0, 0.1) is 11.8 Å². The minimum absolute atomic E-state index is 0.0925. The number of amidine groups is 1. The molecule has 2 atom stereocenters. The number of nitrogens with zero attached hydrogens (tertiary/aromatic N) is 2. The second-order valence-electron chi connectivity index (χ2n) is 8.53. The van der Waals surface area contributed by atoms with E-state index < -0.39 is 0 Å². The monoisotopic (exact) mass is 432 g/mol. The highest BCUT2D eigenvalue weighted by molar-refractivity contribution is 8.18. The smallest absolute Gasteiger partial charge is 0.285 e. The van der Waals surface area contributed by atoms with Gasteiger partial charge < -0.3 is 4.90 Å². The van der Waals surface area contributed by atoms with Gasteiger partial charge in [-0.05, 0) is 48.1 Å². The highest BCUT2D eigenvalue weighted by Crippen LogP contribution is 2.35. The molecule has 5 rings (SSSR count). The number of piperidine rings is 1. The molecule has 6 heteroatoms. The van der Waals surface area contributed by atoms with Gasteiger partial charge in [0.15, 0.2) is 5.17 Å². The van der Waals surface area contributed by atoms with Crippen LogP contribution in [0.5, 0.6) is 0 Å². The van der Waals surface area contributed by atoms with E-state index in [9.17, 15) is 4.79 Å². The lowest BCUT2D eigenvalue weighted by atomic mass is 9.90. The molecule has 2 aromatic carbocycles. The van der Waals surface area contributed by atoms with E-state index >= 15 is 0 Å². The second-order valence-corrected chi connectivity index (χ2v) is 9.54. The number of hydrazine groups is 1. The van der Waals surface area contributed by atoms with Crippen LogP contribution in [0.1, 0.15) is 30.0 Å². The molecule has 160 valence electrons. The van der Waals surface area contributed by atoms with Crippen LogP contribution in [0.3, 0.4) is 0 Å². The number of thioether (sulfide) groups is 1. The maximum Gasteiger partial charge on any atom is 0.285 e. The summed E-state index contributed by atoms with van der Waals surface area (Å²) in [7, 11) is 0. The zero-order valence-corrected chi connectivity index (χ0v) is 18.4. The zero-order valence-electron chi connectivity index (χ0n) is 17.5. The van der Waals surface area contributed by atoms with Crippen molar-refractivity contribution in [1.82, 2.24) is 15.8 Å². The highest BCUT2D eigenvalue weighted by Gasteiger charge is 2.32. The molecule has 0 aliphatic carbocycles. The van der Waals surface area contributed by atoms with Gasteiger partial charge in [-0.3, -0.25) is 10.2 Å². The third kappa shape index (κ3) is 4.76. The molecule has 2 N–H and O–H groups in total. The van der Waals surface area contributed by atoms with Crippen LogP contribution >= 0.6 is 11.8 Å². The molecule has 3 heterocycles. The van der Waals surface area contributed by atoms with Crippen molar-refractivity contribution in [2.45, 2.75) is 25.3 Å². The van der Waals surface area contributed by atoms with Gasteiger partial charge in [0, 0.05) is 25.6 Å². The Balaban J connectivity index is 1.19. The molecule has 2 saturated heterocycles. The molecule has 2 fully saturated rings. The number of benzene rings is 2.